The van der Waals surface area contributed by atoms with Crippen LogP contribution in [0.1, 0.15) is 5.56 Å². The smallest absolute Gasteiger partial charge is 0.241 e. The maximum absolute atomic E-state index is 11.5. The van der Waals surface area contributed by atoms with Crippen molar-refractivity contribution in [2.45, 2.75) is 6.92 Å². The summed E-state index contributed by atoms with van der Waals surface area (Å²) in [6.45, 7) is 1.87. The Hall–Kier alpha value is -0.930. The van der Waals surface area contributed by atoms with E-state index < -0.39 is 0 Å². The molecule has 1 rings (SSSR count). The fourth-order valence-electron chi connectivity index (χ4n) is 1.30. The third-order valence-corrected chi connectivity index (χ3v) is 2.95. The molecule has 0 spiro atoms. The number of halogens is 2. The van der Waals surface area contributed by atoms with Crippen LogP contribution in [-0.4, -0.2) is 25.9 Å². The highest BCUT2D eigenvalue weighted by Crippen LogP contribution is 2.33. The van der Waals surface area contributed by atoms with Gasteiger partial charge in [-0.15, -0.1) is 11.6 Å². The first-order valence-corrected chi connectivity index (χ1v) is 5.59. The van der Waals surface area contributed by atoms with Gasteiger partial charge in [0.1, 0.15) is 11.6 Å². The second kappa shape index (κ2) is 5.41. The van der Waals surface area contributed by atoms with Gasteiger partial charge < -0.3 is 9.64 Å². The van der Waals surface area contributed by atoms with Gasteiger partial charge in [0.2, 0.25) is 5.91 Å². The molecule has 0 radical (unpaired) electrons. The average Bonchev–Trinajstić information content (AvgIpc) is 2.30. The molecule has 16 heavy (non-hydrogen) atoms. The normalized spacial score (nSPS) is 10.1. The molecule has 0 fully saturated rings. The molecular formula is C11H13Cl2NO2. The van der Waals surface area contributed by atoms with Crippen molar-refractivity contribution in [3.63, 3.8) is 0 Å². The number of rotatable bonds is 3. The molecular weight excluding hydrogens is 249 g/mol. The van der Waals surface area contributed by atoms with Crippen LogP contribution in [-0.2, 0) is 4.79 Å². The second-order valence-corrected chi connectivity index (χ2v) is 4.03. The number of anilines is 1. The number of aryl methyl sites for hydroxylation is 1. The Bertz CT molecular complexity index is 407. The van der Waals surface area contributed by atoms with Gasteiger partial charge in [-0.1, -0.05) is 11.6 Å². The van der Waals surface area contributed by atoms with Gasteiger partial charge in [-0.3, -0.25) is 4.79 Å². The van der Waals surface area contributed by atoms with Crippen molar-refractivity contribution in [2.24, 2.45) is 0 Å². The number of hydrogen-bond donors (Lipinski definition) is 0. The Morgan fingerprint density at radius 3 is 2.62 bits per heavy atom. The Labute approximate surface area is 105 Å². The average molecular weight is 262 g/mol. The molecule has 0 saturated heterocycles. The summed E-state index contributed by atoms with van der Waals surface area (Å²) in [5.41, 5.74) is 1.54. The molecule has 1 aromatic rings. The van der Waals surface area contributed by atoms with Gasteiger partial charge in [-0.05, 0) is 18.6 Å². The first kappa shape index (κ1) is 13.1. The lowest BCUT2D eigenvalue weighted by molar-refractivity contribution is -0.116. The number of hydrogen-bond acceptors (Lipinski definition) is 2. The van der Waals surface area contributed by atoms with E-state index in [9.17, 15) is 4.79 Å². The quantitative estimate of drug-likeness (QED) is 0.784. The summed E-state index contributed by atoms with van der Waals surface area (Å²) >= 11 is 11.5. The Morgan fingerprint density at radius 2 is 2.12 bits per heavy atom. The number of nitrogens with zero attached hydrogens (tertiary/aromatic N) is 1. The predicted octanol–water partition coefficient (Wildman–Crippen LogP) is 2.86. The van der Waals surface area contributed by atoms with Crippen molar-refractivity contribution in [2.75, 3.05) is 24.9 Å². The minimum atomic E-state index is -0.193. The van der Waals surface area contributed by atoms with Crippen molar-refractivity contribution in [1.29, 1.82) is 0 Å². The summed E-state index contributed by atoms with van der Waals surface area (Å²) in [5, 5.41) is 0.604. The van der Waals surface area contributed by atoms with Gasteiger partial charge in [0.25, 0.3) is 0 Å². The van der Waals surface area contributed by atoms with Crippen molar-refractivity contribution < 1.29 is 9.53 Å². The van der Waals surface area contributed by atoms with E-state index in [1.54, 1.807) is 19.2 Å². The number of alkyl halides is 1. The Kier molecular flexibility index (Phi) is 4.44. The largest absolute Gasteiger partial charge is 0.495 e. The molecule has 0 saturated carbocycles. The summed E-state index contributed by atoms with van der Waals surface area (Å²) in [5.74, 6) is 0.291. The first-order valence-electron chi connectivity index (χ1n) is 4.68. The summed E-state index contributed by atoms with van der Waals surface area (Å²) in [4.78, 5) is 12.9. The highest BCUT2D eigenvalue weighted by Gasteiger charge is 2.15. The van der Waals surface area contributed by atoms with Crippen molar-refractivity contribution in [1.82, 2.24) is 0 Å². The van der Waals surface area contributed by atoms with E-state index >= 15 is 0 Å². The molecule has 0 N–H and O–H groups in total. The van der Waals surface area contributed by atoms with E-state index in [0.29, 0.717) is 16.5 Å². The van der Waals surface area contributed by atoms with E-state index in [1.807, 2.05) is 6.92 Å². The maximum Gasteiger partial charge on any atom is 0.241 e. The molecule has 1 aromatic carbocycles. The topological polar surface area (TPSA) is 29.5 Å². The third-order valence-electron chi connectivity index (χ3n) is 2.31. The molecule has 1 amide bonds. The minimum absolute atomic E-state index is 0.0681. The Morgan fingerprint density at radius 1 is 1.50 bits per heavy atom. The molecule has 5 heteroatoms. The van der Waals surface area contributed by atoms with Crippen molar-refractivity contribution in [3.8, 4) is 5.75 Å². The zero-order valence-corrected chi connectivity index (χ0v) is 10.9. The molecule has 0 aliphatic carbocycles. The number of carbonyl (C=O) groups is 1. The minimum Gasteiger partial charge on any atom is -0.495 e. The van der Waals surface area contributed by atoms with Crippen LogP contribution in [0, 0.1) is 6.92 Å². The highest BCUT2D eigenvalue weighted by atomic mass is 35.5. The van der Waals surface area contributed by atoms with Crippen LogP contribution in [0.4, 0.5) is 5.69 Å². The van der Waals surface area contributed by atoms with Crippen LogP contribution in [0.3, 0.4) is 0 Å². The molecule has 0 bridgehead atoms. The van der Waals surface area contributed by atoms with Crippen molar-refractivity contribution in [3.05, 3.63) is 22.7 Å². The number of amides is 1. The van der Waals surface area contributed by atoms with E-state index in [4.69, 9.17) is 27.9 Å². The summed E-state index contributed by atoms with van der Waals surface area (Å²) < 4.78 is 5.18. The summed E-state index contributed by atoms with van der Waals surface area (Å²) in [6.07, 6.45) is 0. The van der Waals surface area contributed by atoms with Crippen LogP contribution in [0.25, 0.3) is 0 Å². The summed E-state index contributed by atoms with van der Waals surface area (Å²) in [6, 6.07) is 3.48. The lowest BCUT2D eigenvalue weighted by Crippen LogP contribution is -2.27. The van der Waals surface area contributed by atoms with E-state index in [-0.39, 0.29) is 11.8 Å². The van der Waals surface area contributed by atoms with Crippen LogP contribution in [0.15, 0.2) is 12.1 Å². The molecule has 0 atom stereocenters. The molecule has 0 unspecified atom stereocenters. The van der Waals surface area contributed by atoms with Gasteiger partial charge in [-0.25, -0.2) is 0 Å². The number of carbonyl (C=O) groups excluding carboxylic acids is 1. The zero-order valence-electron chi connectivity index (χ0n) is 9.38. The van der Waals surface area contributed by atoms with Crippen LogP contribution in [0.5, 0.6) is 5.75 Å². The number of ether oxygens (including phenoxy) is 1. The summed E-state index contributed by atoms with van der Waals surface area (Å²) in [7, 11) is 3.18. The lowest BCUT2D eigenvalue weighted by atomic mass is 10.2. The van der Waals surface area contributed by atoms with Gasteiger partial charge in [0, 0.05) is 18.1 Å². The maximum atomic E-state index is 11.5. The lowest BCUT2D eigenvalue weighted by Gasteiger charge is -2.20. The van der Waals surface area contributed by atoms with Crippen LogP contribution in [0.2, 0.25) is 5.02 Å². The van der Waals surface area contributed by atoms with E-state index in [1.165, 1.54) is 12.0 Å². The fourth-order valence-corrected chi connectivity index (χ4v) is 1.63. The first-order chi connectivity index (χ1) is 7.51. The molecule has 0 heterocycles. The molecule has 0 aliphatic heterocycles. The highest BCUT2D eigenvalue weighted by molar-refractivity contribution is 6.32. The fraction of sp³-hybridized carbons (Fsp3) is 0.364. The van der Waals surface area contributed by atoms with Gasteiger partial charge in [0.15, 0.2) is 0 Å². The third kappa shape index (κ3) is 2.60. The molecule has 3 nitrogen and oxygen atoms in total. The Balaban J connectivity index is 3.21. The zero-order chi connectivity index (χ0) is 12.3. The second-order valence-electron chi connectivity index (χ2n) is 3.36. The molecule has 88 valence electrons. The van der Waals surface area contributed by atoms with Crippen LogP contribution < -0.4 is 9.64 Å². The number of benzene rings is 1. The van der Waals surface area contributed by atoms with E-state index in [0.717, 1.165) is 5.56 Å². The molecule has 0 aromatic heterocycles. The monoisotopic (exact) mass is 261 g/mol. The van der Waals surface area contributed by atoms with Crippen molar-refractivity contribution >= 4 is 34.8 Å². The van der Waals surface area contributed by atoms with Gasteiger partial charge in [0.05, 0.1) is 12.8 Å². The van der Waals surface area contributed by atoms with E-state index in [2.05, 4.69) is 0 Å². The number of methoxy groups -OCH3 is 1. The predicted molar refractivity (Wildman–Crippen MR) is 66.9 cm³/mol. The standard InChI is InChI=1S/C11H13Cl2NO2/c1-7-4-9(14(2)11(15)6-12)10(16-3)5-8(7)13/h4-5H,6H2,1-3H3. The van der Waals surface area contributed by atoms with Gasteiger partial charge in [-0.2, -0.15) is 0 Å². The van der Waals surface area contributed by atoms with Gasteiger partial charge >= 0.3 is 0 Å². The SMILES string of the molecule is COc1cc(Cl)c(C)cc1N(C)C(=O)CCl. The van der Waals surface area contributed by atoms with Crippen LogP contribution >= 0.6 is 23.2 Å². The molecule has 0 aliphatic rings.